The third kappa shape index (κ3) is 4.24. The molecule has 0 saturated carbocycles. The van der Waals surface area contributed by atoms with Crippen LogP contribution in [-0.4, -0.2) is 46.3 Å². The van der Waals surface area contributed by atoms with Gasteiger partial charge in [0.25, 0.3) is 0 Å². The van der Waals surface area contributed by atoms with Crippen LogP contribution in [0.5, 0.6) is 0 Å². The van der Waals surface area contributed by atoms with Gasteiger partial charge < -0.3 is 5.11 Å². The van der Waals surface area contributed by atoms with E-state index in [1.54, 1.807) is 6.20 Å². The van der Waals surface area contributed by atoms with Gasteiger partial charge in [0, 0.05) is 43.6 Å². The fourth-order valence-corrected chi connectivity index (χ4v) is 2.78. The van der Waals surface area contributed by atoms with Crippen molar-refractivity contribution in [2.24, 2.45) is 0 Å². The van der Waals surface area contributed by atoms with Crippen LogP contribution in [0, 0.1) is 0 Å². The molecule has 1 aromatic heterocycles. The van der Waals surface area contributed by atoms with Crippen LogP contribution in [0.4, 0.5) is 0 Å². The van der Waals surface area contributed by atoms with E-state index in [9.17, 15) is 5.11 Å². The maximum Gasteiger partial charge on any atom is 0.0586 e. The lowest BCUT2D eigenvalue weighted by molar-refractivity contribution is 0.104. The molecule has 5 nitrogen and oxygen atoms in total. The number of nitrogens with one attached hydrogen (secondary N) is 2. The normalized spacial score (nSPS) is 24.2. The van der Waals surface area contributed by atoms with Crippen molar-refractivity contribution in [2.45, 2.75) is 51.4 Å². The monoisotopic (exact) mass is 278 g/mol. The summed E-state index contributed by atoms with van der Waals surface area (Å²) in [6, 6.07) is 5.20. The van der Waals surface area contributed by atoms with Gasteiger partial charge in [-0.1, -0.05) is 13.0 Å². The van der Waals surface area contributed by atoms with Gasteiger partial charge in [-0.15, -0.1) is 0 Å². The quantitative estimate of drug-likeness (QED) is 0.692. The molecule has 0 bridgehead atoms. The van der Waals surface area contributed by atoms with Crippen LogP contribution in [0.2, 0.25) is 0 Å². The van der Waals surface area contributed by atoms with Crippen LogP contribution in [0.3, 0.4) is 0 Å². The molecule has 0 aromatic carbocycles. The number of aliphatic hydroxyl groups excluding tert-OH is 1. The number of aliphatic hydroxyl groups is 1. The lowest BCUT2D eigenvalue weighted by Gasteiger charge is -2.31. The van der Waals surface area contributed by atoms with Gasteiger partial charge in [0.15, 0.2) is 0 Å². The first-order chi connectivity index (χ1) is 9.72. The highest BCUT2D eigenvalue weighted by Gasteiger charge is 2.25. The predicted molar refractivity (Wildman–Crippen MR) is 80.0 cm³/mol. The molecule has 0 radical (unpaired) electrons. The Balaban J connectivity index is 2.00. The number of pyridine rings is 1. The first kappa shape index (κ1) is 15.4. The van der Waals surface area contributed by atoms with Crippen LogP contribution in [0.25, 0.3) is 0 Å². The first-order valence-corrected chi connectivity index (χ1v) is 7.47. The minimum atomic E-state index is 0.201. The minimum absolute atomic E-state index is 0.201. The number of nitrogens with zero attached hydrogens (tertiary/aromatic N) is 2. The number of hydrazine groups is 1. The van der Waals surface area contributed by atoms with Gasteiger partial charge in [0.2, 0.25) is 0 Å². The molecule has 3 unspecified atom stereocenters. The van der Waals surface area contributed by atoms with Crippen LogP contribution < -0.4 is 10.9 Å². The van der Waals surface area contributed by atoms with Gasteiger partial charge in [-0.25, -0.2) is 0 Å². The number of rotatable bonds is 7. The predicted octanol–water partition coefficient (Wildman–Crippen LogP) is 0.909. The van der Waals surface area contributed by atoms with Gasteiger partial charge in [-0.2, -0.15) is 0 Å². The van der Waals surface area contributed by atoms with Gasteiger partial charge in [0.05, 0.1) is 6.61 Å². The highest BCUT2D eigenvalue weighted by atomic mass is 16.3. The summed E-state index contributed by atoms with van der Waals surface area (Å²) in [4.78, 5) is 6.53. The van der Waals surface area contributed by atoms with E-state index >= 15 is 0 Å². The lowest BCUT2D eigenvalue weighted by atomic mass is 10.1. The maximum atomic E-state index is 9.61. The van der Waals surface area contributed by atoms with Crippen molar-refractivity contribution in [3.8, 4) is 0 Å². The molecule has 2 rings (SSSR count). The Hall–Kier alpha value is -1.01. The summed E-state index contributed by atoms with van der Waals surface area (Å²) in [6.07, 6.45) is 5.76. The second-order valence-corrected chi connectivity index (χ2v) is 5.66. The second kappa shape index (κ2) is 7.69. The van der Waals surface area contributed by atoms with E-state index in [4.69, 9.17) is 0 Å². The fourth-order valence-electron chi connectivity index (χ4n) is 2.78. The molecule has 0 aliphatic carbocycles. The SMILES string of the molecule is CCC(CO)N(Cc1cccnc1)CC1CC(C)NN1. The smallest absolute Gasteiger partial charge is 0.0586 e. The largest absolute Gasteiger partial charge is 0.395 e. The fraction of sp³-hybridized carbons (Fsp3) is 0.667. The van der Waals surface area contributed by atoms with Crippen molar-refractivity contribution in [1.29, 1.82) is 0 Å². The first-order valence-electron chi connectivity index (χ1n) is 7.47. The summed E-state index contributed by atoms with van der Waals surface area (Å²) in [6.45, 7) is 6.28. The van der Waals surface area contributed by atoms with E-state index < -0.39 is 0 Å². The van der Waals surface area contributed by atoms with Crippen molar-refractivity contribution in [1.82, 2.24) is 20.7 Å². The molecule has 3 atom stereocenters. The molecule has 0 amide bonds. The molecule has 3 N–H and O–H groups in total. The Morgan fingerprint density at radius 2 is 2.35 bits per heavy atom. The average Bonchev–Trinajstić information content (AvgIpc) is 2.86. The third-order valence-corrected chi connectivity index (χ3v) is 3.93. The molecule has 1 aromatic rings. The molecule has 20 heavy (non-hydrogen) atoms. The summed E-state index contributed by atoms with van der Waals surface area (Å²) in [5.41, 5.74) is 7.79. The summed E-state index contributed by atoms with van der Waals surface area (Å²) < 4.78 is 0. The molecule has 112 valence electrons. The summed E-state index contributed by atoms with van der Waals surface area (Å²) >= 11 is 0. The summed E-state index contributed by atoms with van der Waals surface area (Å²) in [5, 5.41) is 9.61. The number of hydrogen-bond acceptors (Lipinski definition) is 5. The van der Waals surface area contributed by atoms with Gasteiger partial charge in [0.1, 0.15) is 0 Å². The topological polar surface area (TPSA) is 60.4 Å². The molecular weight excluding hydrogens is 252 g/mol. The summed E-state index contributed by atoms with van der Waals surface area (Å²) in [7, 11) is 0. The van der Waals surface area contributed by atoms with Gasteiger partial charge >= 0.3 is 0 Å². The lowest BCUT2D eigenvalue weighted by Crippen LogP contribution is -2.45. The van der Waals surface area contributed by atoms with Crippen molar-refractivity contribution in [3.05, 3.63) is 30.1 Å². The second-order valence-electron chi connectivity index (χ2n) is 5.66. The molecule has 1 aliphatic heterocycles. The average molecular weight is 278 g/mol. The van der Waals surface area contributed by atoms with Crippen molar-refractivity contribution < 1.29 is 5.11 Å². The Morgan fingerprint density at radius 3 is 2.90 bits per heavy atom. The molecule has 2 heterocycles. The Kier molecular flexibility index (Phi) is 5.91. The molecule has 0 spiro atoms. The van der Waals surface area contributed by atoms with Crippen LogP contribution in [0.15, 0.2) is 24.5 Å². The van der Waals surface area contributed by atoms with E-state index in [1.807, 2.05) is 12.3 Å². The molecule has 1 saturated heterocycles. The highest BCUT2D eigenvalue weighted by molar-refractivity contribution is 5.08. The zero-order valence-electron chi connectivity index (χ0n) is 12.4. The zero-order chi connectivity index (χ0) is 14.4. The van der Waals surface area contributed by atoms with E-state index in [-0.39, 0.29) is 12.6 Å². The van der Waals surface area contributed by atoms with Crippen LogP contribution in [-0.2, 0) is 6.54 Å². The Morgan fingerprint density at radius 1 is 1.50 bits per heavy atom. The van der Waals surface area contributed by atoms with Gasteiger partial charge in [-0.05, 0) is 31.4 Å². The third-order valence-electron chi connectivity index (χ3n) is 3.93. The Bertz CT molecular complexity index is 383. The van der Waals surface area contributed by atoms with Crippen molar-refractivity contribution in [2.75, 3.05) is 13.2 Å². The number of aromatic nitrogens is 1. The highest BCUT2D eigenvalue weighted by Crippen LogP contribution is 2.14. The van der Waals surface area contributed by atoms with E-state index in [0.717, 1.165) is 25.9 Å². The van der Waals surface area contributed by atoms with Crippen molar-refractivity contribution >= 4 is 0 Å². The standard InChI is InChI=1S/C15H26N4O/c1-3-15(11-20)19(9-13-5-4-6-16-8-13)10-14-7-12(2)17-18-14/h4-6,8,12,14-15,17-18,20H,3,7,9-11H2,1-2H3. The molecule has 1 fully saturated rings. The molecule has 1 aliphatic rings. The van der Waals surface area contributed by atoms with E-state index in [0.29, 0.717) is 12.1 Å². The van der Waals surface area contributed by atoms with E-state index in [2.05, 4.69) is 40.6 Å². The van der Waals surface area contributed by atoms with E-state index in [1.165, 1.54) is 5.56 Å². The zero-order valence-corrected chi connectivity index (χ0v) is 12.4. The van der Waals surface area contributed by atoms with Crippen molar-refractivity contribution in [3.63, 3.8) is 0 Å². The molecular formula is C15H26N4O. The number of hydrogen-bond donors (Lipinski definition) is 3. The van der Waals surface area contributed by atoms with Crippen LogP contribution in [0.1, 0.15) is 32.3 Å². The minimum Gasteiger partial charge on any atom is -0.395 e. The van der Waals surface area contributed by atoms with Crippen LogP contribution >= 0.6 is 0 Å². The summed E-state index contributed by atoms with van der Waals surface area (Å²) in [5.74, 6) is 0. The molecule has 5 heteroatoms. The van der Waals surface area contributed by atoms with Gasteiger partial charge in [-0.3, -0.25) is 20.7 Å². The maximum absolute atomic E-state index is 9.61. The Labute approximate surface area is 121 Å².